The molecule has 25 heavy (non-hydrogen) atoms. The molecule has 6 nitrogen and oxygen atoms in total. The van der Waals surface area contributed by atoms with E-state index in [4.69, 9.17) is 0 Å². The third-order valence-corrected chi connectivity index (χ3v) is 7.30. The largest absolute Gasteiger partial charge is 0.348 e. The second-order valence-electron chi connectivity index (χ2n) is 7.34. The first kappa shape index (κ1) is 18.4. The van der Waals surface area contributed by atoms with Crippen LogP contribution in [0, 0.1) is 13.8 Å². The van der Waals surface area contributed by atoms with Gasteiger partial charge in [0.25, 0.3) is 5.91 Å². The maximum Gasteiger partial charge on any atom is 0.278 e. The molecule has 0 radical (unpaired) electrons. The summed E-state index contributed by atoms with van der Waals surface area (Å²) in [7, 11) is -3.47. The predicted octanol–water partition coefficient (Wildman–Crippen LogP) is -0.140. The summed E-state index contributed by atoms with van der Waals surface area (Å²) in [6.07, 6.45) is 2.16. The topological polar surface area (TPSA) is 70.9 Å². The summed E-state index contributed by atoms with van der Waals surface area (Å²) >= 11 is 0. The van der Waals surface area contributed by atoms with Crippen molar-refractivity contribution in [1.29, 1.82) is 0 Å². The van der Waals surface area contributed by atoms with Gasteiger partial charge in [0, 0.05) is 6.04 Å². The fourth-order valence-corrected chi connectivity index (χ4v) is 5.06. The Hall–Kier alpha value is -1.44. The number of carbonyl (C=O) groups is 1. The molecule has 3 rings (SSSR count). The number of hydrogen-bond donors (Lipinski definition) is 2. The van der Waals surface area contributed by atoms with Crippen molar-refractivity contribution < 1.29 is 18.1 Å². The quantitative estimate of drug-likeness (QED) is 0.762. The molecule has 7 heteroatoms. The molecule has 1 atom stereocenters. The van der Waals surface area contributed by atoms with E-state index in [1.54, 1.807) is 10.4 Å². The van der Waals surface area contributed by atoms with Crippen LogP contribution in [0.5, 0.6) is 0 Å². The number of rotatable bonds is 5. The summed E-state index contributed by atoms with van der Waals surface area (Å²) < 4.78 is 27.4. The van der Waals surface area contributed by atoms with Crippen LogP contribution in [0.2, 0.25) is 0 Å². The first-order valence-electron chi connectivity index (χ1n) is 9.01. The van der Waals surface area contributed by atoms with Crippen molar-refractivity contribution in [2.75, 3.05) is 26.2 Å². The molecular formula is C18H28N3O3S+. The van der Waals surface area contributed by atoms with Gasteiger partial charge in [-0.3, -0.25) is 4.79 Å². The first-order valence-corrected chi connectivity index (χ1v) is 10.5. The number of nitrogens with zero attached hydrogens (tertiary/aromatic N) is 1. The van der Waals surface area contributed by atoms with Crippen LogP contribution >= 0.6 is 0 Å². The number of quaternary nitrogens is 1. The van der Waals surface area contributed by atoms with Gasteiger partial charge in [0.05, 0.1) is 31.1 Å². The van der Waals surface area contributed by atoms with Crippen LogP contribution in [0.1, 0.15) is 30.9 Å². The van der Waals surface area contributed by atoms with Crippen molar-refractivity contribution in [2.45, 2.75) is 50.6 Å². The Kier molecular flexibility index (Phi) is 5.18. The van der Waals surface area contributed by atoms with E-state index in [1.165, 1.54) is 0 Å². The van der Waals surface area contributed by atoms with E-state index in [9.17, 15) is 13.2 Å². The minimum atomic E-state index is -3.47. The Bertz CT molecular complexity index is 751. The van der Waals surface area contributed by atoms with Crippen LogP contribution in [0.3, 0.4) is 0 Å². The number of nitrogens with one attached hydrogen (secondary N) is 2. The number of piperazine rings is 1. The monoisotopic (exact) mass is 366 g/mol. The third-order valence-electron chi connectivity index (χ3n) is 5.24. The van der Waals surface area contributed by atoms with Crippen LogP contribution < -0.4 is 10.2 Å². The van der Waals surface area contributed by atoms with E-state index in [1.807, 2.05) is 32.9 Å². The number of aryl methyl sites for hydroxylation is 2. The zero-order valence-electron chi connectivity index (χ0n) is 15.2. The lowest BCUT2D eigenvalue weighted by Crippen LogP contribution is -3.19. The lowest BCUT2D eigenvalue weighted by molar-refractivity contribution is -0.917. The number of amides is 1. The standard InChI is InChI=1S/C18H27N3O3S/c1-13-4-7-17(14(2)12-13)25(23,24)21-10-8-20(9-11-21)15(3)18(22)19-16-5-6-16/h4,7,12,15-16H,5-6,8-11H2,1-3H3,(H,19,22)/p+1/t15-/m1/s1. The Morgan fingerprint density at radius 3 is 2.44 bits per heavy atom. The van der Waals surface area contributed by atoms with Crippen LogP contribution in [-0.4, -0.2) is 56.9 Å². The van der Waals surface area contributed by atoms with E-state index in [2.05, 4.69) is 5.32 Å². The van der Waals surface area contributed by atoms with Crippen LogP contribution in [-0.2, 0) is 14.8 Å². The summed E-state index contributed by atoms with van der Waals surface area (Å²) in [6, 6.07) is 5.67. The lowest BCUT2D eigenvalue weighted by Gasteiger charge is -2.34. The van der Waals surface area contributed by atoms with Crippen molar-refractivity contribution in [2.24, 2.45) is 0 Å². The van der Waals surface area contributed by atoms with Crippen LogP contribution in [0.25, 0.3) is 0 Å². The van der Waals surface area contributed by atoms with Gasteiger partial charge in [-0.25, -0.2) is 8.42 Å². The highest BCUT2D eigenvalue weighted by Crippen LogP contribution is 2.21. The van der Waals surface area contributed by atoms with Crippen LogP contribution in [0.15, 0.2) is 23.1 Å². The van der Waals surface area contributed by atoms with Gasteiger partial charge >= 0.3 is 0 Å². The van der Waals surface area contributed by atoms with Crippen LogP contribution in [0.4, 0.5) is 0 Å². The summed E-state index contributed by atoms with van der Waals surface area (Å²) in [5, 5.41) is 3.04. The average molecular weight is 367 g/mol. The normalized spacial score (nSPS) is 21.1. The second kappa shape index (κ2) is 7.05. The predicted molar refractivity (Wildman–Crippen MR) is 96.0 cm³/mol. The van der Waals surface area contributed by atoms with E-state index in [-0.39, 0.29) is 11.9 Å². The Morgan fingerprint density at radius 1 is 1.24 bits per heavy atom. The molecule has 1 aromatic rings. The van der Waals surface area contributed by atoms with Gasteiger partial charge in [-0.05, 0) is 45.2 Å². The molecule has 1 aliphatic carbocycles. The van der Waals surface area contributed by atoms with Gasteiger partial charge < -0.3 is 10.2 Å². The van der Waals surface area contributed by atoms with Gasteiger partial charge in [-0.2, -0.15) is 4.31 Å². The van der Waals surface area contributed by atoms with E-state index < -0.39 is 10.0 Å². The molecular weight excluding hydrogens is 338 g/mol. The maximum absolute atomic E-state index is 12.9. The van der Waals surface area contributed by atoms with Gasteiger partial charge in [-0.15, -0.1) is 0 Å². The molecule has 0 unspecified atom stereocenters. The fraction of sp³-hybridized carbons (Fsp3) is 0.611. The zero-order chi connectivity index (χ0) is 18.2. The summed E-state index contributed by atoms with van der Waals surface area (Å²) in [4.78, 5) is 13.8. The fourth-order valence-electron chi connectivity index (χ4n) is 3.41. The average Bonchev–Trinajstić information content (AvgIpc) is 3.38. The molecule has 1 saturated carbocycles. The molecule has 1 aromatic carbocycles. The van der Waals surface area contributed by atoms with Crippen molar-refractivity contribution in [3.8, 4) is 0 Å². The summed E-state index contributed by atoms with van der Waals surface area (Å²) in [5.41, 5.74) is 1.84. The highest BCUT2D eigenvalue weighted by atomic mass is 32.2. The summed E-state index contributed by atoms with van der Waals surface area (Å²) in [6.45, 7) is 7.94. The van der Waals surface area contributed by atoms with Crippen molar-refractivity contribution in [3.05, 3.63) is 29.3 Å². The Morgan fingerprint density at radius 2 is 1.88 bits per heavy atom. The maximum atomic E-state index is 12.9. The molecule has 1 heterocycles. The first-order chi connectivity index (χ1) is 11.8. The minimum Gasteiger partial charge on any atom is -0.348 e. The molecule has 1 amide bonds. The van der Waals surface area contributed by atoms with Gasteiger partial charge in [0.15, 0.2) is 6.04 Å². The number of hydrogen-bond acceptors (Lipinski definition) is 3. The second-order valence-corrected chi connectivity index (χ2v) is 9.24. The highest BCUT2D eigenvalue weighted by Gasteiger charge is 2.36. The molecule has 0 spiro atoms. The van der Waals surface area contributed by atoms with Gasteiger partial charge in [0.1, 0.15) is 0 Å². The molecule has 2 aliphatic rings. The zero-order valence-corrected chi connectivity index (χ0v) is 16.0. The molecule has 1 saturated heterocycles. The van der Waals surface area contributed by atoms with Gasteiger partial charge in [0.2, 0.25) is 10.0 Å². The van der Waals surface area contributed by atoms with E-state index >= 15 is 0 Å². The van der Waals surface area contributed by atoms with E-state index in [0.29, 0.717) is 37.1 Å². The molecule has 2 fully saturated rings. The van der Waals surface area contributed by atoms with Gasteiger partial charge in [-0.1, -0.05) is 17.7 Å². The van der Waals surface area contributed by atoms with Crippen molar-refractivity contribution in [3.63, 3.8) is 0 Å². The Labute approximate surface area is 150 Å². The molecule has 1 aliphatic heterocycles. The molecule has 2 N–H and O–H groups in total. The van der Waals surface area contributed by atoms with Crippen molar-refractivity contribution >= 4 is 15.9 Å². The highest BCUT2D eigenvalue weighted by molar-refractivity contribution is 7.89. The molecule has 138 valence electrons. The smallest absolute Gasteiger partial charge is 0.278 e. The minimum absolute atomic E-state index is 0.0863. The number of sulfonamides is 1. The molecule has 0 bridgehead atoms. The lowest BCUT2D eigenvalue weighted by atomic mass is 10.2. The summed E-state index contributed by atoms with van der Waals surface area (Å²) in [5.74, 6) is 0.0863. The Balaban J connectivity index is 1.63. The van der Waals surface area contributed by atoms with Crippen molar-refractivity contribution in [1.82, 2.24) is 9.62 Å². The van der Waals surface area contributed by atoms with E-state index in [0.717, 1.165) is 28.9 Å². The molecule has 0 aromatic heterocycles. The SMILES string of the molecule is Cc1ccc(S(=O)(=O)N2CC[NH+]([C@H](C)C(=O)NC3CC3)CC2)c(C)c1. The number of benzene rings is 1. The third kappa shape index (κ3) is 4.04. The number of carbonyl (C=O) groups excluding carboxylic acids is 1.